The molecule has 1 aromatic carbocycles. The van der Waals surface area contributed by atoms with Crippen LogP contribution in [-0.2, 0) is 9.53 Å². The van der Waals surface area contributed by atoms with Crippen LogP contribution in [0.3, 0.4) is 0 Å². The van der Waals surface area contributed by atoms with Gasteiger partial charge >= 0.3 is 0 Å². The molecule has 106 valence electrons. The number of benzene rings is 1. The summed E-state index contributed by atoms with van der Waals surface area (Å²) < 4.78 is 5.10. The third-order valence-electron chi connectivity index (χ3n) is 3.15. The van der Waals surface area contributed by atoms with Crippen LogP contribution in [-0.4, -0.2) is 44.2 Å². The van der Waals surface area contributed by atoms with Gasteiger partial charge in [0.1, 0.15) is 0 Å². The van der Waals surface area contributed by atoms with Crippen LogP contribution >= 0.6 is 0 Å². The van der Waals surface area contributed by atoms with Gasteiger partial charge in [0.15, 0.2) is 0 Å². The normalized spacial score (nSPS) is 18.7. The number of hydrogen-bond acceptors (Lipinski definition) is 3. The second-order valence-electron chi connectivity index (χ2n) is 4.80. The van der Waals surface area contributed by atoms with E-state index in [2.05, 4.69) is 41.0 Å². The molecule has 0 bridgehead atoms. The van der Waals surface area contributed by atoms with Gasteiger partial charge in [-0.15, -0.1) is 0 Å². The summed E-state index contributed by atoms with van der Waals surface area (Å²) in [4.78, 5) is 11.7. The molecular formula is C15H24N2O2. The number of hydrogen-bond donors (Lipinski definition) is 1. The summed E-state index contributed by atoms with van der Waals surface area (Å²) >= 11 is 0. The Labute approximate surface area is 115 Å². The SMILES string of the molecule is CC(N)=O.COCCN1CC[C@H](c2ccccc2)C1. The Morgan fingerprint density at radius 2 is 2.05 bits per heavy atom. The van der Waals surface area contributed by atoms with E-state index in [1.807, 2.05) is 0 Å². The number of nitrogens with zero attached hydrogens (tertiary/aromatic N) is 1. The van der Waals surface area contributed by atoms with Crippen molar-refractivity contribution in [2.75, 3.05) is 33.4 Å². The molecule has 1 amide bonds. The van der Waals surface area contributed by atoms with Crippen LogP contribution in [0.4, 0.5) is 0 Å². The van der Waals surface area contributed by atoms with E-state index in [4.69, 9.17) is 4.74 Å². The summed E-state index contributed by atoms with van der Waals surface area (Å²) in [6.07, 6.45) is 1.29. The topological polar surface area (TPSA) is 55.6 Å². The monoisotopic (exact) mass is 264 g/mol. The third-order valence-corrected chi connectivity index (χ3v) is 3.15. The summed E-state index contributed by atoms with van der Waals surface area (Å²) in [5.41, 5.74) is 5.96. The molecule has 19 heavy (non-hydrogen) atoms. The second kappa shape index (κ2) is 8.67. The maximum atomic E-state index is 9.22. The zero-order valence-electron chi connectivity index (χ0n) is 11.8. The minimum absolute atomic E-state index is 0.333. The van der Waals surface area contributed by atoms with E-state index in [1.165, 1.54) is 32.0 Å². The molecule has 1 heterocycles. The van der Waals surface area contributed by atoms with Crippen molar-refractivity contribution >= 4 is 5.91 Å². The second-order valence-corrected chi connectivity index (χ2v) is 4.80. The summed E-state index contributed by atoms with van der Waals surface area (Å²) in [6, 6.07) is 10.8. The molecular weight excluding hydrogens is 240 g/mol. The molecule has 0 spiro atoms. The van der Waals surface area contributed by atoms with Gasteiger partial charge < -0.3 is 15.4 Å². The smallest absolute Gasteiger partial charge is 0.214 e. The van der Waals surface area contributed by atoms with Crippen molar-refractivity contribution in [2.45, 2.75) is 19.3 Å². The molecule has 4 heteroatoms. The first kappa shape index (κ1) is 15.7. The number of primary amides is 1. The van der Waals surface area contributed by atoms with Crippen LogP contribution < -0.4 is 5.73 Å². The Morgan fingerprint density at radius 1 is 1.42 bits per heavy atom. The molecule has 4 nitrogen and oxygen atoms in total. The van der Waals surface area contributed by atoms with E-state index < -0.39 is 0 Å². The first-order chi connectivity index (χ1) is 9.13. The average molecular weight is 264 g/mol. The first-order valence-corrected chi connectivity index (χ1v) is 6.65. The average Bonchev–Trinajstić information content (AvgIpc) is 2.85. The molecule has 1 atom stereocenters. The number of amides is 1. The Balaban J connectivity index is 0.000000399. The lowest BCUT2D eigenvalue weighted by Crippen LogP contribution is -2.24. The van der Waals surface area contributed by atoms with E-state index >= 15 is 0 Å². The van der Waals surface area contributed by atoms with E-state index in [9.17, 15) is 4.79 Å². The highest BCUT2D eigenvalue weighted by Gasteiger charge is 2.22. The van der Waals surface area contributed by atoms with Crippen molar-refractivity contribution in [2.24, 2.45) is 5.73 Å². The van der Waals surface area contributed by atoms with Crippen LogP contribution in [0.25, 0.3) is 0 Å². The largest absolute Gasteiger partial charge is 0.383 e. The molecule has 0 radical (unpaired) electrons. The van der Waals surface area contributed by atoms with Gasteiger partial charge in [0.05, 0.1) is 6.61 Å². The maximum absolute atomic E-state index is 9.22. The molecule has 1 aliphatic heterocycles. The van der Waals surface area contributed by atoms with Gasteiger partial charge in [0.2, 0.25) is 5.91 Å². The highest BCUT2D eigenvalue weighted by Crippen LogP contribution is 2.26. The van der Waals surface area contributed by atoms with Crippen molar-refractivity contribution in [1.29, 1.82) is 0 Å². The summed E-state index contributed by atoms with van der Waals surface area (Å²) in [7, 11) is 1.77. The van der Waals surface area contributed by atoms with Crippen molar-refractivity contribution in [3.05, 3.63) is 35.9 Å². The van der Waals surface area contributed by atoms with Crippen molar-refractivity contribution < 1.29 is 9.53 Å². The Hall–Kier alpha value is -1.39. The quantitative estimate of drug-likeness (QED) is 0.899. The summed E-state index contributed by atoms with van der Waals surface area (Å²) in [6.45, 7) is 5.62. The summed E-state index contributed by atoms with van der Waals surface area (Å²) in [5, 5.41) is 0. The lowest BCUT2D eigenvalue weighted by molar-refractivity contribution is -0.115. The Bertz CT molecular complexity index is 364. The van der Waals surface area contributed by atoms with Crippen molar-refractivity contribution in [3.8, 4) is 0 Å². The Morgan fingerprint density at radius 3 is 2.63 bits per heavy atom. The first-order valence-electron chi connectivity index (χ1n) is 6.65. The fraction of sp³-hybridized carbons (Fsp3) is 0.533. The van der Waals surface area contributed by atoms with Crippen LogP contribution in [0.1, 0.15) is 24.8 Å². The molecule has 1 fully saturated rings. The molecule has 0 unspecified atom stereocenters. The highest BCUT2D eigenvalue weighted by molar-refractivity contribution is 5.70. The molecule has 0 aliphatic carbocycles. The molecule has 1 aliphatic rings. The van der Waals surface area contributed by atoms with E-state index in [-0.39, 0.29) is 5.91 Å². The summed E-state index contributed by atoms with van der Waals surface area (Å²) in [5.74, 6) is 0.392. The lowest BCUT2D eigenvalue weighted by atomic mass is 9.99. The molecule has 2 N–H and O–H groups in total. The maximum Gasteiger partial charge on any atom is 0.214 e. The number of methoxy groups -OCH3 is 1. The fourth-order valence-corrected chi connectivity index (χ4v) is 2.25. The van der Waals surface area contributed by atoms with Crippen LogP contribution in [0.5, 0.6) is 0 Å². The Kier molecular flexibility index (Phi) is 7.15. The molecule has 1 aromatic rings. The number of likely N-dealkylation sites (tertiary alicyclic amines) is 1. The van der Waals surface area contributed by atoms with Gasteiger partial charge in [-0.05, 0) is 24.4 Å². The number of carbonyl (C=O) groups is 1. The van der Waals surface area contributed by atoms with Crippen LogP contribution in [0.2, 0.25) is 0 Å². The highest BCUT2D eigenvalue weighted by atomic mass is 16.5. The van der Waals surface area contributed by atoms with Gasteiger partial charge in [0.25, 0.3) is 0 Å². The minimum Gasteiger partial charge on any atom is -0.383 e. The lowest BCUT2D eigenvalue weighted by Gasteiger charge is -2.15. The molecule has 2 rings (SSSR count). The van der Waals surface area contributed by atoms with E-state index in [0.29, 0.717) is 0 Å². The van der Waals surface area contributed by atoms with Crippen LogP contribution in [0, 0.1) is 0 Å². The standard InChI is InChI=1S/C13H19NO.C2H5NO/c1-15-10-9-14-8-7-13(11-14)12-5-3-2-4-6-12;1-2(3)4/h2-6,13H,7-11H2,1H3;1H3,(H2,3,4)/t13-;/m0./s1. The van der Waals surface area contributed by atoms with E-state index in [0.717, 1.165) is 19.1 Å². The van der Waals surface area contributed by atoms with E-state index in [1.54, 1.807) is 7.11 Å². The van der Waals surface area contributed by atoms with Gasteiger partial charge in [-0.3, -0.25) is 4.79 Å². The number of nitrogens with two attached hydrogens (primary N) is 1. The van der Waals surface area contributed by atoms with Gasteiger partial charge in [-0.2, -0.15) is 0 Å². The van der Waals surface area contributed by atoms with Gasteiger partial charge in [-0.25, -0.2) is 0 Å². The number of carbonyl (C=O) groups excluding carboxylic acids is 1. The van der Waals surface area contributed by atoms with Gasteiger partial charge in [-0.1, -0.05) is 30.3 Å². The van der Waals surface area contributed by atoms with Crippen LogP contribution in [0.15, 0.2) is 30.3 Å². The fourth-order valence-electron chi connectivity index (χ4n) is 2.25. The molecule has 0 aromatic heterocycles. The minimum atomic E-state index is -0.333. The third kappa shape index (κ3) is 6.36. The number of rotatable bonds is 4. The van der Waals surface area contributed by atoms with Gasteiger partial charge in [0, 0.05) is 27.1 Å². The molecule has 1 saturated heterocycles. The zero-order valence-corrected chi connectivity index (χ0v) is 11.8. The van der Waals surface area contributed by atoms with Crippen molar-refractivity contribution in [3.63, 3.8) is 0 Å². The predicted octanol–water partition coefficient (Wildman–Crippen LogP) is 1.61. The molecule has 0 saturated carbocycles. The zero-order chi connectivity index (χ0) is 14.1. The predicted molar refractivity (Wildman–Crippen MR) is 77.0 cm³/mol. The van der Waals surface area contributed by atoms with Crippen molar-refractivity contribution in [1.82, 2.24) is 4.90 Å². The number of ether oxygens (including phenoxy) is 1.